The largest absolute Gasteiger partial charge is 0.494 e. The Kier molecular flexibility index (Phi) is 8.78. The van der Waals surface area contributed by atoms with Crippen LogP contribution in [-0.4, -0.2) is 49.0 Å². The standard InChI is InChI=1S/C24H28F2N4O6/c1-4-35-19-6-5-15(25)23(22(19)26)36-14-8-21(33)30(11-14)17(7-13(2)3)24(34)29-20-10-27-16(9-28-20)18(32)12-31/h5-6,8-11,13,17-18,31-33H,4,7,12H2,1-3H3,(H,28,29,34)/t17-,18+/m0/s1. The minimum atomic E-state index is -1.20. The van der Waals surface area contributed by atoms with Crippen molar-refractivity contribution in [3.63, 3.8) is 0 Å². The van der Waals surface area contributed by atoms with Crippen molar-refractivity contribution in [2.75, 3.05) is 18.5 Å². The Morgan fingerprint density at radius 2 is 1.97 bits per heavy atom. The highest BCUT2D eigenvalue weighted by Gasteiger charge is 2.26. The van der Waals surface area contributed by atoms with Crippen LogP contribution in [0.25, 0.3) is 0 Å². The van der Waals surface area contributed by atoms with Gasteiger partial charge < -0.3 is 34.7 Å². The molecule has 0 unspecified atom stereocenters. The molecule has 1 aromatic carbocycles. The van der Waals surface area contributed by atoms with E-state index in [1.165, 1.54) is 23.2 Å². The van der Waals surface area contributed by atoms with Crippen molar-refractivity contribution in [1.29, 1.82) is 0 Å². The Balaban J connectivity index is 1.85. The molecule has 0 aliphatic carbocycles. The lowest BCUT2D eigenvalue weighted by molar-refractivity contribution is -0.119. The fourth-order valence-corrected chi connectivity index (χ4v) is 3.41. The average molecular weight is 507 g/mol. The van der Waals surface area contributed by atoms with Crippen LogP contribution < -0.4 is 14.8 Å². The van der Waals surface area contributed by atoms with E-state index >= 15 is 0 Å². The molecule has 3 aromatic rings. The lowest BCUT2D eigenvalue weighted by Crippen LogP contribution is -2.27. The summed E-state index contributed by atoms with van der Waals surface area (Å²) in [5.74, 6) is -3.77. The third-order valence-corrected chi connectivity index (χ3v) is 5.11. The summed E-state index contributed by atoms with van der Waals surface area (Å²) < 4.78 is 40.7. The third kappa shape index (κ3) is 6.26. The van der Waals surface area contributed by atoms with Gasteiger partial charge in [0.1, 0.15) is 17.9 Å². The van der Waals surface area contributed by atoms with E-state index < -0.39 is 42.0 Å². The second-order valence-electron chi connectivity index (χ2n) is 8.32. The van der Waals surface area contributed by atoms with Gasteiger partial charge in [-0.15, -0.1) is 0 Å². The van der Waals surface area contributed by atoms with Crippen molar-refractivity contribution >= 4 is 11.7 Å². The Bertz CT molecular complexity index is 1190. The SMILES string of the molecule is CCOc1ccc(F)c(Oc2cc(O)n([C@@H](CC(C)C)C(=O)Nc3cnc([C@H](O)CO)cn3)c2)c1F. The van der Waals surface area contributed by atoms with E-state index in [1.807, 2.05) is 13.8 Å². The number of hydrogen-bond acceptors (Lipinski definition) is 8. The molecule has 0 bridgehead atoms. The number of halogens is 2. The highest BCUT2D eigenvalue weighted by Crippen LogP contribution is 2.36. The zero-order valence-corrected chi connectivity index (χ0v) is 20.0. The van der Waals surface area contributed by atoms with Gasteiger partial charge in [-0.2, -0.15) is 4.39 Å². The number of anilines is 1. The summed E-state index contributed by atoms with van der Waals surface area (Å²) in [7, 11) is 0. The maximum absolute atomic E-state index is 14.6. The first-order valence-corrected chi connectivity index (χ1v) is 11.3. The molecule has 2 atom stereocenters. The summed E-state index contributed by atoms with van der Waals surface area (Å²) in [4.78, 5) is 21.1. The maximum Gasteiger partial charge on any atom is 0.248 e. The highest BCUT2D eigenvalue weighted by atomic mass is 19.1. The zero-order chi connectivity index (χ0) is 26.4. The number of nitrogens with zero attached hydrogens (tertiary/aromatic N) is 3. The van der Waals surface area contributed by atoms with Gasteiger partial charge in [-0.25, -0.2) is 9.37 Å². The summed E-state index contributed by atoms with van der Waals surface area (Å²) in [5.41, 5.74) is 0.131. The number of carbonyl (C=O) groups excluding carboxylic acids is 1. The molecule has 12 heteroatoms. The molecule has 0 saturated carbocycles. The Labute approximate surface area is 206 Å². The van der Waals surface area contributed by atoms with Gasteiger partial charge in [-0.3, -0.25) is 9.78 Å². The molecular formula is C24H28F2N4O6. The molecule has 0 spiro atoms. The fourth-order valence-electron chi connectivity index (χ4n) is 3.41. The molecule has 194 valence electrons. The van der Waals surface area contributed by atoms with Gasteiger partial charge in [-0.1, -0.05) is 13.8 Å². The Morgan fingerprint density at radius 3 is 2.58 bits per heavy atom. The molecule has 2 heterocycles. The van der Waals surface area contributed by atoms with E-state index in [-0.39, 0.29) is 41.4 Å². The number of carbonyl (C=O) groups is 1. The van der Waals surface area contributed by atoms with Crippen LogP contribution in [0, 0.1) is 17.6 Å². The molecule has 0 aliphatic rings. The van der Waals surface area contributed by atoms with Crippen molar-refractivity contribution < 1.29 is 38.4 Å². The number of hydrogen-bond donors (Lipinski definition) is 4. The van der Waals surface area contributed by atoms with Crippen LogP contribution in [-0.2, 0) is 4.79 Å². The predicted molar refractivity (Wildman–Crippen MR) is 125 cm³/mol. The number of aromatic nitrogens is 3. The summed E-state index contributed by atoms with van der Waals surface area (Å²) in [6.45, 7) is 5.05. The van der Waals surface area contributed by atoms with Gasteiger partial charge >= 0.3 is 0 Å². The maximum atomic E-state index is 14.6. The van der Waals surface area contributed by atoms with Crippen molar-refractivity contribution in [2.45, 2.75) is 39.3 Å². The smallest absolute Gasteiger partial charge is 0.248 e. The van der Waals surface area contributed by atoms with Gasteiger partial charge in [0.2, 0.25) is 17.5 Å². The van der Waals surface area contributed by atoms with Gasteiger partial charge in [0.05, 0.1) is 37.5 Å². The first-order valence-electron chi connectivity index (χ1n) is 11.3. The van der Waals surface area contributed by atoms with Crippen molar-refractivity contribution in [3.8, 4) is 23.1 Å². The van der Waals surface area contributed by atoms with Crippen molar-refractivity contribution in [2.24, 2.45) is 5.92 Å². The van der Waals surface area contributed by atoms with Gasteiger partial charge in [0.25, 0.3) is 0 Å². The quantitative estimate of drug-likeness (QED) is 0.309. The Hall–Kier alpha value is -3.77. The predicted octanol–water partition coefficient (Wildman–Crippen LogP) is 3.70. The first-order chi connectivity index (χ1) is 17.1. The van der Waals surface area contributed by atoms with Crippen LogP contribution in [0.4, 0.5) is 14.6 Å². The number of aliphatic hydroxyl groups excluding tert-OH is 2. The molecular weight excluding hydrogens is 478 g/mol. The monoisotopic (exact) mass is 506 g/mol. The fraction of sp³-hybridized carbons (Fsp3) is 0.375. The third-order valence-electron chi connectivity index (χ3n) is 5.11. The summed E-state index contributed by atoms with van der Waals surface area (Å²) in [5, 5.41) is 31.7. The van der Waals surface area contributed by atoms with Crippen LogP contribution in [0.2, 0.25) is 0 Å². The lowest BCUT2D eigenvalue weighted by Gasteiger charge is -2.21. The topological polar surface area (TPSA) is 139 Å². The highest BCUT2D eigenvalue weighted by molar-refractivity contribution is 5.93. The van der Waals surface area contributed by atoms with E-state index in [2.05, 4.69) is 15.3 Å². The molecule has 36 heavy (non-hydrogen) atoms. The van der Waals surface area contributed by atoms with E-state index in [0.29, 0.717) is 6.42 Å². The molecule has 4 N–H and O–H groups in total. The van der Waals surface area contributed by atoms with Gasteiger partial charge in [0, 0.05) is 6.07 Å². The molecule has 0 fully saturated rings. The van der Waals surface area contributed by atoms with Crippen LogP contribution in [0.5, 0.6) is 23.1 Å². The molecule has 10 nitrogen and oxygen atoms in total. The molecule has 2 aromatic heterocycles. The van der Waals surface area contributed by atoms with Crippen LogP contribution in [0.1, 0.15) is 45.0 Å². The summed E-state index contributed by atoms with van der Waals surface area (Å²) >= 11 is 0. The van der Waals surface area contributed by atoms with Crippen molar-refractivity contribution in [3.05, 3.63) is 54.1 Å². The number of benzene rings is 1. The van der Waals surface area contributed by atoms with Gasteiger partial charge in [-0.05, 0) is 31.4 Å². The second-order valence-corrected chi connectivity index (χ2v) is 8.32. The number of rotatable bonds is 11. The molecule has 0 saturated heterocycles. The lowest BCUT2D eigenvalue weighted by atomic mass is 10.0. The van der Waals surface area contributed by atoms with Crippen LogP contribution in [0.3, 0.4) is 0 Å². The second kappa shape index (κ2) is 11.8. The normalized spacial score (nSPS) is 12.9. The minimum absolute atomic E-state index is 0.0258. The van der Waals surface area contributed by atoms with Crippen LogP contribution >= 0.6 is 0 Å². The van der Waals surface area contributed by atoms with Gasteiger partial charge in [0.15, 0.2) is 23.3 Å². The summed E-state index contributed by atoms with van der Waals surface area (Å²) in [6.07, 6.45) is 2.80. The molecule has 0 radical (unpaired) electrons. The number of ether oxygens (including phenoxy) is 2. The number of amides is 1. The molecule has 0 aliphatic heterocycles. The number of aromatic hydroxyl groups is 1. The van der Waals surface area contributed by atoms with E-state index in [9.17, 15) is 23.8 Å². The van der Waals surface area contributed by atoms with E-state index in [4.69, 9.17) is 14.6 Å². The van der Waals surface area contributed by atoms with E-state index in [0.717, 1.165) is 18.2 Å². The minimum Gasteiger partial charge on any atom is -0.494 e. The molecule has 1 amide bonds. The number of nitrogens with one attached hydrogen (secondary N) is 1. The Morgan fingerprint density at radius 1 is 1.22 bits per heavy atom. The first kappa shape index (κ1) is 26.8. The van der Waals surface area contributed by atoms with Crippen LogP contribution in [0.15, 0.2) is 36.8 Å². The molecule has 3 rings (SSSR count). The average Bonchev–Trinajstić information content (AvgIpc) is 3.21. The van der Waals surface area contributed by atoms with Crippen molar-refractivity contribution in [1.82, 2.24) is 14.5 Å². The number of aliphatic hydroxyl groups is 2. The zero-order valence-electron chi connectivity index (χ0n) is 20.0. The summed E-state index contributed by atoms with van der Waals surface area (Å²) in [6, 6.07) is 2.35. The van der Waals surface area contributed by atoms with E-state index in [1.54, 1.807) is 6.92 Å².